The van der Waals surface area contributed by atoms with E-state index in [9.17, 15) is 0 Å². The van der Waals surface area contributed by atoms with Crippen molar-refractivity contribution in [3.8, 4) is 0 Å². The van der Waals surface area contributed by atoms with Gasteiger partial charge in [-0.25, -0.2) is 0 Å². The molecule has 0 aromatic carbocycles. The number of rotatable bonds is 18. The van der Waals surface area contributed by atoms with Gasteiger partial charge in [0.05, 0.1) is 0 Å². The second-order valence-corrected chi connectivity index (χ2v) is 19.4. The average molecular weight is 721 g/mol. The third-order valence-electron chi connectivity index (χ3n) is 2.54. The molecule has 0 aliphatic heterocycles. The maximum absolute atomic E-state index is 4.40. The van der Waals surface area contributed by atoms with Crippen molar-refractivity contribution in [1.29, 1.82) is 0 Å². The quantitative estimate of drug-likeness (QED) is 0.0914. The number of thiol groups is 4. The summed E-state index contributed by atoms with van der Waals surface area (Å²) in [6, 6.07) is 0. The van der Waals surface area contributed by atoms with Crippen LogP contribution in [-0.2, 0) is 0 Å². The van der Waals surface area contributed by atoms with Crippen LogP contribution in [0.4, 0.5) is 0 Å². The minimum absolute atomic E-state index is 0.836. The molecule has 0 N–H and O–H groups in total. The Morgan fingerprint density at radius 1 is 0.478 bits per heavy atom. The first-order valence-electron chi connectivity index (χ1n) is 7.68. The van der Waals surface area contributed by atoms with Crippen molar-refractivity contribution >= 4 is 125 Å². The SMILES string of the molecule is SCC[Se]CC(C[Se]CCS)[Se]C(C[Se]CCS)C[Se]CCS. The zero-order valence-electron chi connectivity index (χ0n) is 13.5. The van der Waals surface area contributed by atoms with Gasteiger partial charge in [-0.3, -0.25) is 0 Å². The van der Waals surface area contributed by atoms with Crippen LogP contribution in [0, 0.1) is 0 Å². The summed E-state index contributed by atoms with van der Waals surface area (Å²) in [5.41, 5.74) is 0. The molecule has 0 atom stereocenters. The second-order valence-electron chi connectivity index (χ2n) is 4.57. The van der Waals surface area contributed by atoms with Crippen LogP contribution in [0.3, 0.4) is 0 Å². The zero-order chi connectivity index (χ0) is 17.2. The number of hydrogen-bond acceptors (Lipinski definition) is 4. The summed E-state index contributed by atoms with van der Waals surface area (Å²) in [4.78, 5) is 2.12. The van der Waals surface area contributed by atoms with E-state index in [-0.39, 0.29) is 0 Å². The van der Waals surface area contributed by atoms with Crippen LogP contribution < -0.4 is 0 Å². The molecule has 0 aliphatic rings. The van der Waals surface area contributed by atoms with E-state index >= 15 is 0 Å². The monoisotopic (exact) mass is 726 g/mol. The standard InChI is InChI=1S/C14H30S4Se5/c15-1-5-19-9-13(10-20-6-2-16)23-14(11-21-7-3-17)12-22-8-4-18/h13-18H,1-12H2. The van der Waals surface area contributed by atoms with Crippen molar-refractivity contribution < 1.29 is 0 Å². The Morgan fingerprint density at radius 2 is 0.739 bits per heavy atom. The second kappa shape index (κ2) is 22.3. The first-order chi connectivity index (χ1) is 11.3. The van der Waals surface area contributed by atoms with Gasteiger partial charge in [0.2, 0.25) is 0 Å². The van der Waals surface area contributed by atoms with Gasteiger partial charge in [0.1, 0.15) is 0 Å². The number of hydrogen-bond donors (Lipinski definition) is 4. The molecule has 0 heterocycles. The molecule has 0 aromatic rings. The minimum atomic E-state index is 0.836. The zero-order valence-corrected chi connectivity index (χ0v) is 25.6. The van der Waals surface area contributed by atoms with Crippen molar-refractivity contribution in [1.82, 2.24) is 0 Å². The summed E-state index contributed by atoms with van der Waals surface area (Å²) in [6.07, 6.45) is 0. The molecule has 9 heteroatoms. The van der Waals surface area contributed by atoms with Crippen LogP contribution >= 0.6 is 50.5 Å². The molecule has 0 saturated heterocycles. The van der Waals surface area contributed by atoms with E-state index in [2.05, 4.69) is 50.5 Å². The van der Waals surface area contributed by atoms with Gasteiger partial charge < -0.3 is 0 Å². The van der Waals surface area contributed by atoms with Crippen LogP contribution in [-0.4, -0.2) is 97.8 Å². The summed E-state index contributed by atoms with van der Waals surface area (Å²) < 4.78 is 0. The Labute approximate surface area is 198 Å². The molecule has 0 radical (unpaired) electrons. The van der Waals surface area contributed by atoms with Crippen molar-refractivity contribution in [3.05, 3.63) is 0 Å². The van der Waals surface area contributed by atoms with Gasteiger partial charge in [0.15, 0.2) is 0 Å². The van der Waals surface area contributed by atoms with Crippen LogP contribution in [0.25, 0.3) is 0 Å². The van der Waals surface area contributed by atoms with Crippen molar-refractivity contribution in [2.75, 3.05) is 23.0 Å². The van der Waals surface area contributed by atoms with Gasteiger partial charge in [0.25, 0.3) is 0 Å². The molecular formula is C14H30S4Se5. The molecule has 0 aromatic heterocycles. The Hall–Kier alpha value is 4.00. The van der Waals surface area contributed by atoms with E-state index in [4.69, 9.17) is 0 Å². The molecule has 0 fully saturated rings. The first kappa shape index (κ1) is 27.0. The van der Waals surface area contributed by atoms with Gasteiger partial charge in [-0.1, -0.05) is 0 Å². The summed E-state index contributed by atoms with van der Waals surface area (Å²) >= 11 is 21.8. The molecule has 0 amide bonds. The van der Waals surface area contributed by atoms with Crippen molar-refractivity contribution in [3.63, 3.8) is 0 Å². The van der Waals surface area contributed by atoms with Gasteiger partial charge in [0, 0.05) is 0 Å². The summed E-state index contributed by atoms with van der Waals surface area (Å²) in [7, 11) is 0. The van der Waals surface area contributed by atoms with E-state index in [1.807, 2.05) is 0 Å². The fraction of sp³-hybridized carbons (Fsp3) is 1.00. The van der Waals surface area contributed by atoms with Crippen LogP contribution in [0.15, 0.2) is 0 Å². The van der Waals surface area contributed by atoms with Crippen LogP contribution in [0.2, 0.25) is 52.2 Å². The predicted molar refractivity (Wildman–Crippen MR) is 130 cm³/mol. The van der Waals surface area contributed by atoms with Gasteiger partial charge in [-0.2, -0.15) is 0 Å². The third kappa shape index (κ3) is 19.1. The van der Waals surface area contributed by atoms with E-state index in [1.54, 1.807) is 0 Å². The molecular weight excluding hydrogens is 691 g/mol. The Bertz CT molecular complexity index is 197. The molecule has 0 bridgehead atoms. The third-order valence-corrected chi connectivity index (χ3v) is 22.9. The Morgan fingerprint density at radius 3 is 0.957 bits per heavy atom. The molecule has 0 spiro atoms. The normalized spacial score (nSPS) is 11.7. The molecule has 0 rings (SSSR count). The fourth-order valence-corrected chi connectivity index (χ4v) is 20.9. The summed E-state index contributed by atoms with van der Waals surface area (Å²) in [5.74, 6) is 4.34. The van der Waals surface area contributed by atoms with E-state index < -0.39 is 0 Å². The topological polar surface area (TPSA) is 0 Å². The van der Waals surface area contributed by atoms with Crippen LogP contribution in [0.5, 0.6) is 0 Å². The Balaban J connectivity index is 4.31. The molecule has 140 valence electrons. The van der Waals surface area contributed by atoms with E-state index in [1.165, 1.54) is 42.6 Å². The molecule has 0 unspecified atom stereocenters. The van der Waals surface area contributed by atoms with E-state index in [0.717, 1.165) is 107 Å². The summed E-state index contributed by atoms with van der Waals surface area (Å²) in [6.45, 7) is 0. The molecule has 23 heavy (non-hydrogen) atoms. The molecule has 0 saturated carbocycles. The van der Waals surface area contributed by atoms with Crippen LogP contribution in [0.1, 0.15) is 0 Å². The van der Waals surface area contributed by atoms with Crippen molar-refractivity contribution in [2.24, 2.45) is 0 Å². The van der Waals surface area contributed by atoms with Gasteiger partial charge >= 0.3 is 200 Å². The van der Waals surface area contributed by atoms with Crippen molar-refractivity contribution in [2.45, 2.75) is 52.2 Å². The molecule has 0 nitrogen and oxygen atoms in total. The van der Waals surface area contributed by atoms with Gasteiger partial charge in [-0.15, -0.1) is 0 Å². The summed E-state index contributed by atoms with van der Waals surface area (Å²) in [5, 5.41) is 11.5. The molecule has 0 aliphatic carbocycles. The van der Waals surface area contributed by atoms with E-state index in [0.29, 0.717) is 0 Å². The Kier molecular flexibility index (Phi) is 26.2. The maximum atomic E-state index is 4.40. The fourth-order valence-electron chi connectivity index (χ4n) is 1.64. The first-order valence-corrected chi connectivity index (χ1v) is 21.9. The average Bonchev–Trinajstić information content (AvgIpc) is 2.55. The predicted octanol–water partition coefficient (Wildman–Crippen LogP) is 4.15. The van der Waals surface area contributed by atoms with Gasteiger partial charge in [-0.05, 0) is 0 Å².